The lowest BCUT2D eigenvalue weighted by atomic mass is 10.1. The molecule has 2 rings (SSSR count). The van der Waals surface area contributed by atoms with Gasteiger partial charge in [-0.05, 0) is 46.8 Å². The molecular weight excluding hydrogens is 260 g/mol. The Hall–Kier alpha value is 0.1000. The number of hydrogen-bond donors (Lipinski definition) is 2. The number of hydrogen-bond acceptors (Lipinski definition) is 3. The van der Waals surface area contributed by atoms with Crippen LogP contribution < -0.4 is 10.6 Å². The average molecular weight is 275 g/mol. The van der Waals surface area contributed by atoms with Crippen LogP contribution in [0.2, 0.25) is 0 Å². The Morgan fingerprint density at radius 2 is 2.57 bits per heavy atom. The lowest BCUT2D eigenvalue weighted by Gasteiger charge is -2.23. The highest BCUT2D eigenvalue weighted by Crippen LogP contribution is 2.22. The van der Waals surface area contributed by atoms with Gasteiger partial charge < -0.3 is 10.6 Å². The second kappa shape index (κ2) is 5.26. The maximum absolute atomic E-state index is 3.58. The summed E-state index contributed by atoms with van der Waals surface area (Å²) in [6.07, 6.45) is 2.60. The molecule has 0 bridgehead atoms. The summed E-state index contributed by atoms with van der Waals surface area (Å²) in [5.41, 5.74) is 0. The Morgan fingerprint density at radius 3 is 3.21 bits per heavy atom. The van der Waals surface area contributed by atoms with E-state index in [1.807, 2.05) is 11.3 Å². The minimum atomic E-state index is 0.651. The quantitative estimate of drug-likeness (QED) is 0.885. The molecule has 1 saturated heterocycles. The second-order valence-electron chi connectivity index (χ2n) is 3.62. The molecule has 1 aromatic rings. The van der Waals surface area contributed by atoms with Gasteiger partial charge in [-0.25, -0.2) is 0 Å². The average Bonchev–Trinajstić information content (AvgIpc) is 2.63. The zero-order valence-electron chi connectivity index (χ0n) is 8.05. The van der Waals surface area contributed by atoms with Crippen LogP contribution in [0.4, 0.5) is 0 Å². The van der Waals surface area contributed by atoms with Gasteiger partial charge in [-0.2, -0.15) is 0 Å². The molecule has 0 amide bonds. The van der Waals surface area contributed by atoms with Gasteiger partial charge in [-0.1, -0.05) is 0 Å². The molecule has 1 unspecified atom stereocenters. The Balaban J connectivity index is 1.79. The lowest BCUT2D eigenvalue weighted by Crippen LogP contribution is -2.42. The largest absolute Gasteiger partial charge is 0.315 e. The van der Waals surface area contributed by atoms with Crippen molar-refractivity contribution in [2.75, 3.05) is 13.1 Å². The minimum absolute atomic E-state index is 0.651. The van der Waals surface area contributed by atoms with E-state index in [4.69, 9.17) is 0 Å². The summed E-state index contributed by atoms with van der Waals surface area (Å²) in [7, 11) is 0. The summed E-state index contributed by atoms with van der Waals surface area (Å²) in [5.74, 6) is 0. The van der Waals surface area contributed by atoms with Crippen LogP contribution in [0.25, 0.3) is 0 Å². The zero-order chi connectivity index (χ0) is 9.80. The van der Waals surface area contributed by atoms with Crippen molar-refractivity contribution in [1.29, 1.82) is 0 Å². The highest BCUT2D eigenvalue weighted by Gasteiger charge is 2.12. The molecule has 0 aliphatic carbocycles. The number of rotatable bonds is 3. The minimum Gasteiger partial charge on any atom is -0.315 e. The molecule has 1 atom stereocenters. The van der Waals surface area contributed by atoms with Gasteiger partial charge in [0.1, 0.15) is 0 Å². The van der Waals surface area contributed by atoms with Gasteiger partial charge >= 0.3 is 0 Å². The first kappa shape index (κ1) is 10.6. The van der Waals surface area contributed by atoms with Crippen LogP contribution in [0.1, 0.15) is 17.7 Å². The fourth-order valence-corrected chi connectivity index (χ4v) is 3.16. The Bertz CT molecular complexity index is 281. The van der Waals surface area contributed by atoms with Crippen molar-refractivity contribution in [3.8, 4) is 0 Å². The molecule has 14 heavy (non-hydrogen) atoms. The molecule has 0 saturated carbocycles. The molecule has 4 heteroatoms. The maximum Gasteiger partial charge on any atom is 0.0327 e. The van der Waals surface area contributed by atoms with Crippen molar-refractivity contribution in [2.45, 2.75) is 25.4 Å². The summed E-state index contributed by atoms with van der Waals surface area (Å²) in [5, 5.41) is 9.12. The van der Waals surface area contributed by atoms with Crippen LogP contribution in [0.15, 0.2) is 15.9 Å². The summed E-state index contributed by atoms with van der Waals surface area (Å²) >= 11 is 5.35. The molecule has 2 N–H and O–H groups in total. The normalized spacial score (nSPS) is 22.5. The smallest absolute Gasteiger partial charge is 0.0327 e. The van der Waals surface area contributed by atoms with E-state index in [9.17, 15) is 0 Å². The number of piperidine rings is 1. The van der Waals surface area contributed by atoms with E-state index in [1.165, 1.54) is 28.7 Å². The third-order valence-corrected chi connectivity index (χ3v) is 4.47. The van der Waals surface area contributed by atoms with E-state index >= 15 is 0 Å². The topological polar surface area (TPSA) is 24.1 Å². The van der Waals surface area contributed by atoms with E-state index in [1.54, 1.807) is 0 Å². The number of halogens is 1. The summed E-state index contributed by atoms with van der Waals surface area (Å²) in [6.45, 7) is 3.29. The van der Waals surface area contributed by atoms with E-state index in [-0.39, 0.29) is 0 Å². The molecule has 1 aliphatic rings. The number of nitrogens with one attached hydrogen (secondary N) is 2. The van der Waals surface area contributed by atoms with Crippen LogP contribution in [0.3, 0.4) is 0 Å². The third-order valence-electron chi connectivity index (χ3n) is 2.54. The van der Waals surface area contributed by atoms with E-state index in [2.05, 4.69) is 38.0 Å². The van der Waals surface area contributed by atoms with Crippen molar-refractivity contribution in [3.05, 3.63) is 20.8 Å². The molecule has 2 nitrogen and oxygen atoms in total. The summed E-state index contributed by atoms with van der Waals surface area (Å²) in [6, 6.07) is 2.76. The zero-order valence-corrected chi connectivity index (χ0v) is 10.5. The van der Waals surface area contributed by atoms with Gasteiger partial charge in [0.2, 0.25) is 0 Å². The monoisotopic (exact) mass is 274 g/mol. The maximum atomic E-state index is 3.58. The summed E-state index contributed by atoms with van der Waals surface area (Å²) in [4.78, 5) is 1.40. The van der Waals surface area contributed by atoms with Gasteiger partial charge in [0, 0.05) is 28.5 Å². The first-order chi connectivity index (χ1) is 6.86. The third kappa shape index (κ3) is 2.79. The highest BCUT2D eigenvalue weighted by molar-refractivity contribution is 9.10. The van der Waals surface area contributed by atoms with Crippen LogP contribution >= 0.6 is 27.3 Å². The van der Waals surface area contributed by atoms with E-state index in [0.717, 1.165) is 13.1 Å². The molecule has 1 aromatic heterocycles. The van der Waals surface area contributed by atoms with Crippen molar-refractivity contribution in [1.82, 2.24) is 10.6 Å². The van der Waals surface area contributed by atoms with Gasteiger partial charge in [0.05, 0.1) is 0 Å². The fourth-order valence-electron chi connectivity index (χ4n) is 1.71. The van der Waals surface area contributed by atoms with Gasteiger partial charge in [-0.3, -0.25) is 0 Å². The predicted molar refractivity (Wildman–Crippen MR) is 64.8 cm³/mol. The first-order valence-electron chi connectivity index (χ1n) is 5.02. The van der Waals surface area contributed by atoms with Gasteiger partial charge in [-0.15, -0.1) is 11.3 Å². The molecule has 0 aromatic carbocycles. The van der Waals surface area contributed by atoms with Crippen LogP contribution in [-0.4, -0.2) is 19.1 Å². The summed E-state index contributed by atoms with van der Waals surface area (Å²) < 4.78 is 1.23. The van der Waals surface area contributed by atoms with Crippen molar-refractivity contribution in [2.24, 2.45) is 0 Å². The molecule has 1 fully saturated rings. The van der Waals surface area contributed by atoms with Gasteiger partial charge in [0.15, 0.2) is 0 Å². The standard InChI is InChI=1S/C10H15BrN2S/c11-9-3-5-14-10(9)7-13-8-2-1-4-12-6-8/h3,5,8,12-13H,1-2,4,6-7H2. The molecule has 0 spiro atoms. The van der Waals surface area contributed by atoms with Crippen LogP contribution in [0, 0.1) is 0 Å². The fraction of sp³-hybridized carbons (Fsp3) is 0.600. The molecule has 1 aliphatic heterocycles. The van der Waals surface area contributed by atoms with Crippen molar-refractivity contribution in [3.63, 3.8) is 0 Å². The lowest BCUT2D eigenvalue weighted by molar-refractivity contribution is 0.390. The molecular formula is C10H15BrN2S. The molecule has 2 heterocycles. The molecule has 0 radical (unpaired) electrons. The first-order valence-corrected chi connectivity index (χ1v) is 6.69. The van der Waals surface area contributed by atoms with Crippen molar-refractivity contribution >= 4 is 27.3 Å². The van der Waals surface area contributed by atoms with Crippen LogP contribution in [-0.2, 0) is 6.54 Å². The highest BCUT2D eigenvalue weighted by atomic mass is 79.9. The Labute approximate surface area is 97.2 Å². The van der Waals surface area contributed by atoms with E-state index in [0.29, 0.717) is 6.04 Å². The van der Waals surface area contributed by atoms with E-state index < -0.39 is 0 Å². The van der Waals surface area contributed by atoms with Crippen molar-refractivity contribution < 1.29 is 0 Å². The van der Waals surface area contributed by atoms with Gasteiger partial charge in [0.25, 0.3) is 0 Å². The van der Waals surface area contributed by atoms with Crippen LogP contribution in [0.5, 0.6) is 0 Å². The second-order valence-corrected chi connectivity index (χ2v) is 5.47. The molecule has 78 valence electrons. The SMILES string of the molecule is Brc1ccsc1CNC1CCCNC1. The Morgan fingerprint density at radius 1 is 1.64 bits per heavy atom. The number of thiophene rings is 1. The Kier molecular flexibility index (Phi) is 3.99. The predicted octanol–water partition coefficient (Wildman–Crippen LogP) is 2.35.